The first kappa shape index (κ1) is 13.4. The van der Waals surface area contributed by atoms with Crippen LogP contribution in [0.25, 0.3) is 0 Å². The average Bonchev–Trinajstić information content (AvgIpc) is 2.86. The number of hydrogen-bond donors (Lipinski definition) is 1. The summed E-state index contributed by atoms with van der Waals surface area (Å²) < 4.78 is 33.0. The van der Waals surface area contributed by atoms with Gasteiger partial charge in [0, 0.05) is 18.7 Å². The van der Waals surface area contributed by atoms with Crippen molar-refractivity contribution >= 4 is 0 Å². The molecule has 1 aliphatic carbocycles. The van der Waals surface area contributed by atoms with Crippen LogP contribution < -0.4 is 5.32 Å². The van der Waals surface area contributed by atoms with Gasteiger partial charge in [0.1, 0.15) is 0 Å². The molecule has 0 radical (unpaired) electrons. The Kier molecular flexibility index (Phi) is 4.30. The standard InChI is InChI=1S/C14H19F2NO/c1-18-13-8-7-12(9-13)17-10-14(15,16)11-5-3-2-4-6-11/h2-6,12-13,17H,7-10H2,1H3. The van der Waals surface area contributed by atoms with Crippen LogP contribution in [0.3, 0.4) is 0 Å². The van der Waals surface area contributed by atoms with E-state index in [4.69, 9.17) is 4.74 Å². The molecule has 0 spiro atoms. The summed E-state index contributed by atoms with van der Waals surface area (Å²) in [6.07, 6.45) is 2.89. The van der Waals surface area contributed by atoms with Crippen LogP contribution >= 0.6 is 0 Å². The van der Waals surface area contributed by atoms with Crippen molar-refractivity contribution < 1.29 is 13.5 Å². The fourth-order valence-corrected chi connectivity index (χ4v) is 2.40. The second-order valence-electron chi connectivity index (χ2n) is 4.82. The number of rotatable bonds is 5. The second kappa shape index (κ2) is 5.76. The van der Waals surface area contributed by atoms with Gasteiger partial charge in [-0.15, -0.1) is 0 Å². The van der Waals surface area contributed by atoms with Gasteiger partial charge in [-0.2, -0.15) is 8.78 Å². The molecule has 1 N–H and O–H groups in total. The van der Waals surface area contributed by atoms with E-state index < -0.39 is 5.92 Å². The van der Waals surface area contributed by atoms with Crippen LogP contribution in [0.1, 0.15) is 24.8 Å². The highest BCUT2D eigenvalue weighted by Gasteiger charge is 2.33. The molecule has 0 aliphatic heterocycles. The van der Waals surface area contributed by atoms with Crippen LogP contribution in [-0.2, 0) is 10.7 Å². The quantitative estimate of drug-likeness (QED) is 0.873. The molecule has 1 aromatic rings. The van der Waals surface area contributed by atoms with E-state index in [-0.39, 0.29) is 24.3 Å². The second-order valence-corrected chi connectivity index (χ2v) is 4.82. The van der Waals surface area contributed by atoms with E-state index >= 15 is 0 Å². The summed E-state index contributed by atoms with van der Waals surface area (Å²) in [7, 11) is 1.67. The van der Waals surface area contributed by atoms with Crippen molar-refractivity contribution in [3.8, 4) is 0 Å². The summed E-state index contributed by atoms with van der Waals surface area (Å²) in [5, 5.41) is 2.95. The van der Waals surface area contributed by atoms with E-state index in [9.17, 15) is 8.78 Å². The lowest BCUT2D eigenvalue weighted by atomic mass is 10.1. The Labute approximate surface area is 106 Å². The molecule has 1 saturated carbocycles. The third kappa shape index (κ3) is 3.27. The molecule has 0 bridgehead atoms. The average molecular weight is 255 g/mol. The molecule has 0 aromatic heterocycles. The maximum Gasteiger partial charge on any atom is 0.285 e. The number of nitrogens with one attached hydrogen (secondary N) is 1. The van der Waals surface area contributed by atoms with Crippen molar-refractivity contribution in [1.82, 2.24) is 5.32 Å². The zero-order chi connectivity index (χ0) is 13.0. The number of halogens is 2. The minimum atomic E-state index is -2.81. The van der Waals surface area contributed by atoms with Gasteiger partial charge < -0.3 is 10.1 Å². The number of benzene rings is 1. The molecule has 0 heterocycles. The number of ether oxygens (including phenoxy) is 1. The molecule has 0 saturated heterocycles. The Morgan fingerprint density at radius 2 is 2.00 bits per heavy atom. The lowest BCUT2D eigenvalue weighted by molar-refractivity contribution is -0.00610. The molecule has 2 unspecified atom stereocenters. The van der Waals surface area contributed by atoms with Gasteiger partial charge in [0.2, 0.25) is 0 Å². The van der Waals surface area contributed by atoms with Gasteiger partial charge in [0.05, 0.1) is 12.6 Å². The van der Waals surface area contributed by atoms with Crippen LogP contribution in [-0.4, -0.2) is 25.8 Å². The maximum atomic E-state index is 13.9. The van der Waals surface area contributed by atoms with E-state index in [0.29, 0.717) is 0 Å². The third-order valence-corrected chi connectivity index (χ3v) is 3.53. The van der Waals surface area contributed by atoms with Crippen molar-refractivity contribution in [3.63, 3.8) is 0 Å². The first-order chi connectivity index (χ1) is 8.62. The predicted molar refractivity (Wildman–Crippen MR) is 66.8 cm³/mol. The highest BCUT2D eigenvalue weighted by molar-refractivity contribution is 5.20. The summed E-state index contributed by atoms with van der Waals surface area (Å²) in [6, 6.07) is 8.10. The molecule has 2 rings (SSSR count). The molecule has 18 heavy (non-hydrogen) atoms. The number of hydrogen-bond acceptors (Lipinski definition) is 2. The number of alkyl halides is 2. The van der Waals surface area contributed by atoms with Crippen molar-refractivity contribution in [2.45, 2.75) is 37.3 Å². The van der Waals surface area contributed by atoms with Crippen molar-refractivity contribution in [2.75, 3.05) is 13.7 Å². The molecular weight excluding hydrogens is 236 g/mol. The lowest BCUT2D eigenvalue weighted by Gasteiger charge is -2.20. The minimum Gasteiger partial charge on any atom is -0.381 e. The summed E-state index contributed by atoms with van der Waals surface area (Å²) in [5.74, 6) is -2.81. The SMILES string of the molecule is COC1CCC(NCC(F)(F)c2ccccc2)C1. The molecule has 100 valence electrons. The monoisotopic (exact) mass is 255 g/mol. The largest absolute Gasteiger partial charge is 0.381 e. The van der Waals surface area contributed by atoms with Gasteiger partial charge in [0.25, 0.3) is 5.92 Å². The van der Waals surface area contributed by atoms with E-state index in [1.54, 1.807) is 25.3 Å². The lowest BCUT2D eigenvalue weighted by Crippen LogP contribution is -2.36. The predicted octanol–water partition coefficient (Wildman–Crippen LogP) is 2.94. The number of methoxy groups -OCH3 is 1. The molecule has 2 nitrogen and oxygen atoms in total. The summed E-state index contributed by atoms with van der Waals surface area (Å²) >= 11 is 0. The maximum absolute atomic E-state index is 13.9. The molecule has 0 amide bonds. The van der Waals surface area contributed by atoms with Crippen molar-refractivity contribution in [3.05, 3.63) is 35.9 Å². The van der Waals surface area contributed by atoms with Crippen LogP contribution in [0.15, 0.2) is 30.3 Å². The Hall–Kier alpha value is -1.00. The summed E-state index contributed by atoms with van der Waals surface area (Å²) in [5.41, 5.74) is 0.0683. The van der Waals surface area contributed by atoms with Gasteiger partial charge in [-0.25, -0.2) is 0 Å². The van der Waals surface area contributed by atoms with Crippen molar-refractivity contribution in [2.24, 2.45) is 0 Å². The smallest absolute Gasteiger partial charge is 0.285 e. The topological polar surface area (TPSA) is 21.3 Å². The van der Waals surface area contributed by atoms with E-state index in [1.165, 1.54) is 12.1 Å². The zero-order valence-electron chi connectivity index (χ0n) is 10.5. The highest BCUT2D eigenvalue weighted by atomic mass is 19.3. The van der Waals surface area contributed by atoms with Gasteiger partial charge in [-0.1, -0.05) is 30.3 Å². The highest BCUT2D eigenvalue weighted by Crippen LogP contribution is 2.28. The van der Waals surface area contributed by atoms with Gasteiger partial charge in [-0.3, -0.25) is 0 Å². The van der Waals surface area contributed by atoms with Crippen LogP contribution in [0.5, 0.6) is 0 Å². The minimum absolute atomic E-state index is 0.0683. The molecular formula is C14H19F2NO. The molecule has 1 fully saturated rings. The van der Waals surface area contributed by atoms with E-state index in [1.807, 2.05) is 0 Å². The van der Waals surface area contributed by atoms with Crippen molar-refractivity contribution in [1.29, 1.82) is 0 Å². The Bertz CT molecular complexity index is 369. The first-order valence-corrected chi connectivity index (χ1v) is 6.31. The summed E-state index contributed by atoms with van der Waals surface area (Å²) in [6.45, 7) is -0.307. The first-order valence-electron chi connectivity index (χ1n) is 6.31. The molecule has 1 aromatic carbocycles. The Balaban J connectivity index is 1.86. The Morgan fingerprint density at radius 3 is 2.61 bits per heavy atom. The molecule has 1 aliphatic rings. The van der Waals surface area contributed by atoms with Gasteiger partial charge >= 0.3 is 0 Å². The van der Waals surface area contributed by atoms with Gasteiger partial charge in [0.15, 0.2) is 0 Å². The molecule has 2 atom stereocenters. The fraction of sp³-hybridized carbons (Fsp3) is 0.571. The third-order valence-electron chi connectivity index (χ3n) is 3.53. The zero-order valence-corrected chi connectivity index (χ0v) is 10.5. The van der Waals surface area contributed by atoms with E-state index in [2.05, 4.69) is 5.32 Å². The van der Waals surface area contributed by atoms with Crippen LogP contribution in [0.4, 0.5) is 8.78 Å². The Morgan fingerprint density at radius 1 is 1.28 bits per heavy atom. The molecule has 4 heteroatoms. The van der Waals surface area contributed by atoms with Crippen LogP contribution in [0.2, 0.25) is 0 Å². The normalized spacial score (nSPS) is 24.4. The van der Waals surface area contributed by atoms with Gasteiger partial charge in [-0.05, 0) is 19.3 Å². The van der Waals surface area contributed by atoms with E-state index in [0.717, 1.165) is 19.3 Å². The summed E-state index contributed by atoms with van der Waals surface area (Å²) in [4.78, 5) is 0. The fourth-order valence-electron chi connectivity index (χ4n) is 2.40. The van der Waals surface area contributed by atoms with Crippen LogP contribution in [0, 0.1) is 0 Å².